The van der Waals surface area contributed by atoms with Crippen molar-refractivity contribution in [3.05, 3.63) is 48.4 Å². The summed E-state index contributed by atoms with van der Waals surface area (Å²) in [6, 6.07) is 3.61. The summed E-state index contributed by atoms with van der Waals surface area (Å²) in [4.78, 5) is 34.0. The fourth-order valence-electron chi connectivity index (χ4n) is 3.28. The van der Waals surface area contributed by atoms with Gasteiger partial charge in [0, 0.05) is 63.3 Å². The van der Waals surface area contributed by atoms with Crippen molar-refractivity contribution in [1.82, 2.24) is 30.0 Å². The van der Waals surface area contributed by atoms with Gasteiger partial charge in [-0.15, -0.1) is 0 Å². The highest BCUT2D eigenvalue weighted by molar-refractivity contribution is 5.91. The van der Waals surface area contributed by atoms with E-state index in [-0.39, 0.29) is 17.6 Å². The highest BCUT2D eigenvalue weighted by atomic mass is 16.5. The largest absolute Gasteiger partial charge is 0.363 e. The van der Waals surface area contributed by atoms with Crippen molar-refractivity contribution in [3.63, 3.8) is 0 Å². The number of piperidine rings is 1. The number of likely N-dealkylation sites (tertiary alicyclic amines) is 1. The van der Waals surface area contributed by atoms with E-state index in [0.29, 0.717) is 24.6 Å². The molecule has 0 radical (unpaired) electrons. The first-order valence-corrected chi connectivity index (χ1v) is 9.14. The summed E-state index contributed by atoms with van der Waals surface area (Å²) in [5, 5.41) is 3.61. The van der Waals surface area contributed by atoms with Crippen LogP contribution in [0, 0.1) is 0 Å². The van der Waals surface area contributed by atoms with Gasteiger partial charge in [0.25, 0.3) is 5.91 Å². The van der Waals surface area contributed by atoms with E-state index in [4.69, 9.17) is 9.51 Å². The van der Waals surface area contributed by atoms with Gasteiger partial charge in [0.15, 0.2) is 5.82 Å². The van der Waals surface area contributed by atoms with Crippen LogP contribution in [0.15, 0.2) is 41.4 Å². The molecular weight excluding hydrogens is 358 g/mol. The van der Waals surface area contributed by atoms with E-state index in [9.17, 15) is 4.79 Å². The monoisotopic (exact) mass is 379 g/mol. The summed E-state index contributed by atoms with van der Waals surface area (Å²) in [6.45, 7) is 1.29. The second kappa shape index (κ2) is 7.71. The average molecular weight is 379 g/mol. The maximum absolute atomic E-state index is 12.4. The third kappa shape index (κ3) is 3.68. The molecule has 1 amide bonds. The number of nitrogens with zero attached hydrogens (tertiary/aromatic N) is 7. The minimum Gasteiger partial charge on any atom is -0.363 e. The van der Waals surface area contributed by atoms with Crippen molar-refractivity contribution >= 4 is 11.7 Å². The van der Waals surface area contributed by atoms with Gasteiger partial charge in [-0.1, -0.05) is 5.16 Å². The molecule has 0 aliphatic carbocycles. The topological polar surface area (TPSA) is 101 Å². The van der Waals surface area contributed by atoms with Gasteiger partial charge in [0.2, 0.25) is 5.76 Å². The van der Waals surface area contributed by atoms with Crippen LogP contribution < -0.4 is 4.90 Å². The minimum atomic E-state index is -0.118. The van der Waals surface area contributed by atoms with Gasteiger partial charge in [-0.05, 0) is 12.8 Å². The van der Waals surface area contributed by atoms with Crippen LogP contribution >= 0.6 is 0 Å². The van der Waals surface area contributed by atoms with Crippen molar-refractivity contribution < 1.29 is 9.32 Å². The summed E-state index contributed by atoms with van der Waals surface area (Å²) in [7, 11) is 3.90. The summed E-state index contributed by atoms with van der Waals surface area (Å²) in [5.41, 5.74) is 1.61. The SMILES string of the molecule is CN(C)c1cc(C2CCN(C(=O)c3ccno3)CC2)nc(-c2cnccn2)n1. The molecule has 0 unspecified atom stereocenters. The molecular formula is C19H21N7O2. The van der Waals surface area contributed by atoms with Crippen molar-refractivity contribution in [3.8, 4) is 11.5 Å². The fourth-order valence-corrected chi connectivity index (χ4v) is 3.28. The zero-order valence-corrected chi connectivity index (χ0v) is 15.8. The molecule has 1 aliphatic rings. The van der Waals surface area contributed by atoms with Gasteiger partial charge >= 0.3 is 0 Å². The number of anilines is 1. The van der Waals surface area contributed by atoms with Gasteiger partial charge in [0.05, 0.1) is 12.4 Å². The molecule has 0 spiro atoms. The molecule has 144 valence electrons. The number of carbonyl (C=O) groups excluding carboxylic acids is 1. The Kier molecular flexibility index (Phi) is 4.96. The fraction of sp³-hybridized carbons (Fsp3) is 0.368. The number of carbonyl (C=O) groups is 1. The van der Waals surface area contributed by atoms with Gasteiger partial charge in [0.1, 0.15) is 11.5 Å². The zero-order chi connectivity index (χ0) is 19.5. The lowest BCUT2D eigenvalue weighted by atomic mass is 9.93. The van der Waals surface area contributed by atoms with Crippen molar-refractivity contribution in [2.24, 2.45) is 0 Å². The highest BCUT2D eigenvalue weighted by Crippen LogP contribution is 2.30. The molecule has 3 aromatic heterocycles. The van der Waals surface area contributed by atoms with Gasteiger partial charge < -0.3 is 14.3 Å². The lowest BCUT2D eigenvalue weighted by Gasteiger charge is -2.31. The summed E-state index contributed by atoms with van der Waals surface area (Å²) >= 11 is 0. The molecule has 3 aromatic rings. The molecule has 0 atom stereocenters. The van der Waals surface area contributed by atoms with Crippen LogP contribution in [-0.2, 0) is 0 Å². The van der Waals surface area contributed by atoms with Crippen LogP contribution in [0.1, 0.15) is 35.0 Å². The van der Waals surface area contributed by atoms with E-state index >= 15 is 0 Å². The maximum atomic E-state index is 12.4. The minimum absolute atomic E-state index is 0.118. The Morgan fingerprint density at radius 1 is 1.18 bits per heavy atom. The van der Waals surface area contributed by atoms with E-state index in [1.807, 2.05) is 25.1 Å². The first-order valence-electron chi connectivity index (χ1n) is 9.14. The van der Waals surface area contributed by atoms with Crippen LogP contribution in [0.25, 0.3) is 11.5 Å². The Labute approximate surface area is 162 Å². The third-order valence-corrected chi connectivity index (χ3v) is 4.83. The molecule has 0 N–H and O–H groups in total. The molecule has 0 aromatic carbocycles. The number of aromatic nitrogens is 5. The molecule has 1 saturated heterocycles. The second-order valence-electron chi connectivity index (χ2n) is 6.90. The smallest absolute Gasteiger partial charge is 0.292 e. The lowest BCUT2D eigenvalue weighted by Crippen LogP contribution is -2.38. The normalized spacial score (nSPS) is 14.9. The maximum Gasteiger partial charge on any atom is 0.292 e. The van der Waals surface area contributed by atoms with Crippen LogP contribution in [0.4, 0.5) is 5.82 Å². The molecule has 0 saturated carbocycles. The van der Waals surface area contributed by atoms with Crippen molar-refractivity contribution in [1.29, 1.82) is 0 Å². The Hall–Kier alpha value is -3.36. The van der Waals surface area contributed by atoms with Gasteiger partial charge in [-0.25, -0.2) is 15.0 Å². The highest BCUT2D eigenvalue weighted by Gasteiger charge is 2.27. The first kappa shape index (κ1) is 18.0. The van der Waals surface area contributed by atoms with E-state index in [1.165, 1.54) is 6.20 Å². The van der Waals surface area contributed by atoms with Crippen LogP contribution in [-0.4, -0.2) is 63.1 Å². The van der Waals surface area contributed by atoms with Crippen LogP contribution in [0.3, 0.4) is 0 Å². The van der Waals surface area contributed by atoms with E-state index < -0.39 is 0 Å². The standard InChI is InChI=1S/C19H21N7O2/c1-25(2)17-11-14(23-18(24-17)15-12-20-7-8-21-15)13-4-9-26(10-5-13)19(27)16-3-6-22-28-16/h3,6-8,11-13H,4-5,9-10H2,1-2H3. The van der Waals surface area contributed by atoms with E-state index in [0.717, 1.165) is 24.4 Å². The van der Waals surface area contributed by atoms with Crippen molar-refractivity contribution in [2.45, 2.75) is 18.8 Å². The molecule has 9 nitrogen and oxygen atoms in total. The zero-order valence-electron chi connectivity index (χ0n) is 15.8. The summed E-state index contributed by atoms with van der Waals surface area (Å²) in [5.74, 6) is 1.80. The Balaban J connectivity index is 1.54. The van der Waals surface area contributed by atoms with E-state index in [1.54, 1.807) is 29.6 Å². The van der Waals surface area contributed by atoms with Gasteiger partial charge in [-0.2, -0.15) is 0 Å². The first-order chi connectivity index (χ1) is 13.6. The molecule has 4 heterocycles. The van der Waals surface area contributed by atoms with Gasteiger partial charge in [-0.3, -0.25) is 9.78 Å². The van der Waals surface area contributed by atoms with E-state index in [2.05, 4.69) is 20.1 Å². The number of rotatable bonds is 4. The molecule has 4 rings (SSSR count). The number of hydrogen-bond donors (Lipinski definition) is 0. The average Bonchev–Trinajstić information content (AvgIpc) is 3.28. The van der Waals surface area contributed by atoms with Crippen molar-refractivity contribution in [2.75, 3.05) is 32.1 Å². The van der Waals surface area contributed by atoms with Crippen LogP contribution in [0.2, 0.25) is 0 Å². The predicted octanol–water partition coefficient (Wildman–Crippen LogP) is 2.01. The predicted molar refractivity (Wildman–Crippen MR) is 102 cm³/mol. The number of amides is 1. The second-order valence-corrected chi connectivity index (χ2v) is 6.90. The number of hydrogen-bond acceptors (Lipinski definition) is 8. The molecule has 1 fully saturated rings. The molecule has 0 bridgehead atoms. The Morgan fingerprint density at radius 2 is 2.00 bits per heavy atom. The lowest BCUT2D eigenvalue weighted by molar-refractivity contribution is 0.0670. The Bertz CT molecular complexity index is 936. The molecule has 9 heteroatoms. The summed E-state index contributed by atoms with van der Waals surface area (Å²) in [6.07, 6.45) is 8.05. The van der Waals surface area contributed by atoms with Crippen LogP contribution in [0.5, 0.6) is 0 Å². The molecule has 28 heavy (non-hydrogen) atoms. The summed E-state index contributed by atoms with van der Waals surface area (Å²) < 4.78 is 4.99. The molecule has 1 aliphatic heterocycles. The quantitative estimate of drug-likeness (QED) is 0.678. The third-order valence-electron chi connectivity index (χ3n) is 4.83. The Morgan fingerprint density at radius 3 is 2.64 bits per heavy atom.